The predicted octanol–water partition coefficient (Wildman–Crippen LogP) is 3.79. The van der Waals surface area contributed by atoms with Crippen molar-refractivity contribution in [3.63, 3.8) is 0 Å². The zero-order valence-corrected chi connectivity index (χ0v) is 11.1. The van der Waals surface area contributed by atoms with Gasteiger partial charge in [-0.25, -0.2) is 0 Å². The minimum Gasteiger partial charge on any atom is -0.194 e. The summed E-state index contributed by atoms with van der Waals surface area (Å²) in [5.74, 6) is 0. The van der Waals surface area contributed by atoms with E-state index in [1.807, 2.05) is 0 Å². The van der Waals surface area contributed by atoms with Crippen molar-refractivity contribution in [1.29, 1.82) is 0 Å². The third-order valence-corrected chi connectivity index (χ3v) is 4.14. The molecule has 0 unspecified atom stereocenters. The van der Waals surface area contributed by atoms with Crippen LogP contribution in [0.25, 0.3) is 16.5 Å². The summed E-state index contributed by atoms with van der Waals surface area (Å²) in [7, 11) is 2.09. The van der Waals surface area contributed by atoms with E-state index in [0.29, 0.717) is 0 Å². The van der Waals surface area contributed by atoms with Crippen LogP contribution < -0.4 is 4.57 Å². The minimum absolute atomic E-state index is 1.08. The lowest BCUT2D eigenvalue weighted by Crippen LogP contribution is -2.33. The van der Waals surface area contributed by atoms with Gasteiger partial charge in [-0.2, -0.15) is 4.57 Å². The Balaban J connectivity index is 2.19. The van der Waals surface area contributed by atoms with Gasteiger partial charge in [0, 0.05) is 22.4 Å². The number of fused-ring (bicyclic) bond motifs is 1. The highest BCUT2D eigenvalue weighted by Crippen LogP contribution is 2.24. The molecule has 3 aromatic rings. The molecule has 2 heterocycles. The Morgan fingerprint density at radius 3 is 2.67 bits per heavy atom. The highest BCUT2D eigenvalue weighted by molar-refractivity contribution is 7.11. The zero-order chi connectivity index (χ0) is 12.5. The molecule has 0 saturated carbocycles. The van der Waals surface area contributed by atoms with Gasteiger partial charge in [0.05, 0.1) is 5.57 Å². The van der Waals surface area contributed by atoms with E-state index >= 15 is 0 Å². The lowest BCUT2D eigenvalue weighted by molar-refractivity contribution is -0.647. The number of aryl methyl sites for hydroxylation is 1. The summed E-state index contributed by atoms with van der Waals surface area (Å²) >= 11 is 1.73. The second kappa shape index (κ2) is 4.39. The highest BCUT2D eigenvalue weighted by Gasteiger charge is 2.15. The third-order valence-electron chi connectivity index (χ3n) is 3.21. The van der Waals surface area contributed by atoms with Crippen LogP contribution in [-0.2, 0) is 7.05 Å². The first kappa shape index (κ1) is 11.2. The lowest BCUT2D eigenvalue weighted by atomic mass is 10.1. The Hall–Kier alpha value is -1.93. The van der Waals surface area contributed by atoms with Gasteiger partial charge in [-0.05, 0) is 23.6 Å². The van der Waals surface area contributed by atoms with Gasteiger partial charge in [0.25, 0.3) is 0 Å². The largest absolute Gasteiger partial charge is 0.213 e. The van der Waals surface area contributed by atoms with E-state index in [-0.39, 0.29) is 0 Å². The monoisotopic (exact) mass is 252 g/mol. The van der Waals surface area contributed by atoms with Crippen LogP contribution in [0.2, 0.25) is 0 Å². The molecule has 1 aromatic carbocycles. The van der Waals surface area contributed by atoms with Crippen molar-refractivity contribution in [2.24, 2.45) is 7.05 Å². The molecule has 0 radical (unpaired) electrons. The summed E-state index contributed by atoms with van der Waals surface area (Å²) < 4.78 is 2.21. The van der Waals surface area contributed by atoms with Crippen LogP contribution in [0.15, 0.2) is 60.5 Å². The van der Waals surface area contributed by atoms with Crippen molar-refractivity contribution in [1.82, 2.24) is 0 Å². The van der Waals surface area contributed by atoms with Crippen LogP contribution >= 0.6 is 11.3 Å². The van der Waals surface area contributed by atoms with Crippen molar-refractivity contribution < 1.29 is 4.57 Å². The maximum atomic E-state index is 4.22. The number of para-hydroxylation sites is 1. The van der Waals surface area contributed by atoms with E-state index in [4.69, 9.17) is 0 Å². The number of hydrogen-bond acceptors (Lipinski definition) is 1. The first-order valence-corrected chi connectivity index (χ1v) is 6.76. The summed E-state index contributed by atoms with van der Waals surface area (Å²) in [6.45, 7) is 4.22. The molecule has 3 rings (SSSR count). The SMILES string of the molecule is C=C(c1cccs1)c1ccc2ccccc2[n+]1C. The van der Waals surface area contributed by atoms with Crippen molar-refractivity contribution in [3.8, 4) is 0 Å². The van der Waals surface area contributed by atoms with Gasteiger partial charge < -0.3 is 0 Å². The van der Waals surface area contributed by atoms with E-state index in [1.54, 1.807) is 11.3 Å². The Kier molecular flexibility index (Phi) is 2.73. The standard InChI is InChI=1S/C16H14NS/c1-12(16-8-5-11-18-16)14-10-9-13-6-3-4-7-15(13)17(14)2/h3-11H,1H2,2H3/q+1. The molecule has 0 fully saturated rings. The number of benzene rings is 1. The number of aromatic nitrogens is 1. The average molecular weight is 252 g/mol. The number of thiophene rings is 1. The van der Waals surface area contributed by atoms with Crippen molar-refractivity contribution in [2.75, 3.05) is 0 Å². The van der Waals surface area contributed by atoms with E-state index in [0.717, 1.165) is 11.3 Å². The smallest absolute Gasteiger partial charge is 0.194 e. The summed E-state index contributed by atoms with van der Waals surface area (Å²) in [5, 5.41) is 3.34. The van der Waals surface area contributed by atoms with Crippen LogP contribution in [0.4, 0.5) is 0 Å². The van der Waals surface area contributed by atoms with Gasteiger partial charge in [0.15, 0.2) is 0 Å². The molecule has 0 N–H and O–H groups in total. The van der Waals surface area contributed by atoms with Crippen molar-refractivity contribution in [2.45, 2.75) is 0 Å². The van der Waals surface area contributed by atoms with Crippen LogP contribution in [0.1, 0.15) is 10.6 Å². The molecule has 0 aliphatic carbocycles. The van der Waals surface area contributed by atoms with E-state index in [1.165, 1.54) is 15.8 Å². The van der Waals surface area contributed by atoms with E-state index in [2.05, 4.69) is 72.1 Å². The second-order valence-corrected chi connectivity index (χ2v) is 5.24. The molecular formula is C16H14NS+. The number of nitrogens with zero attached hydrogens (tertiary/aromatic N) is 1. The van der Waals surface area contributed by atoms with Crippen LogP contribution in [0, 0.1) is 0 Å². The number of rotatable bonds is 2. The molecule has 88 valence electrons. The molecule has 0 atom stereocenters. The average Bonchev–Trinajstić information content (AvgIpc) is 2.93. The molecule has 2 heteroatoms. The topological polar surface area (TPSA) is 3.88 Å². The summed E-state index contributed by atoms with van der Waals surface area (Å²) in [6.07, 6.45) is 0. The zero-order valence-electron chi connectivity index (χ0n) is 10.3. The fourth-order valence-electron chi connectivity index (χ4n) is 2.22. The Morgan fingerprint density at radius 2 is 1.89 bits per heavy atom. The molecule has 0 aliphatic rings. The first-order valence-electron chi connectivity index (χ1n) is 5.88. The summed E-state index contributed by atoms with van der Waals surface area (Å²) in [4.78, 5) is 1.22. The third kappa shape index (κ3) is 1.75. The Labute approximate surface area is 111 Å². The fraction of sp³-hybridized carbons (Fsp3) is 0.0625. The van der Waals surface area contributed by atoms with Crippen molar-refractivity contribution in [3.05, 3.63) is 71.1 Å². The highest BCUT2D eigenvalue weighted by atomic mass is 32.1. The van der Waals surface area contributed by atoms with Gasteiger partial charge in [-0.3, -0.25) is 0 Å². The summed E-state index contributed by atoms with van der Waals surface area (Å²) in [6, 6.07) is 16.9. The molecule has 0 spiro atoms. The molecule has 0 aliphatic heterocycles. The Morgan fingerprint density at radius 1 is 1.06 bits per heavy atom. The quantitative estimate of drug-likeness (QED) is 0.611. The van der Waals surface area contributed by atoms with E-state index < -0.39 is 0 Å². The maximum Gasteiger partial charge on any atom is 0.213 e. The van der Waals surface area contributed by atoms with Crippen molar-refractivity contribution >= 4 is 27.8 Å². The predicted molar refractivity (Wildman–Crippen MR) is 77.6 cm³/mol. The van der Waals surface area contributed by atoms with Crippen LogP contribution in [-0.4, -0.2) is 0 Å². The molecule has 0 bridgehead atoms. The number of hydrogen-bond donors (Lipinski definition) is 0. The second-order valence-electron chi connectivity index (χ2n) is 4.29. The van der Waals surface area contributed by atoms with Gasteiger partial charge in [-0.1, -0.05) is 24.8 Å². The molecular weight excluding hydrogens is 238 g/mol. The molecule has 0 saturated heterocycles. The molecule has 1 nitrogen and oxygen atoms in total. The maximum absolute atomic E-state index is 4.22. The fourth-order valence-corrected chi connectivity index (χ4v) is 2.93. The summed E-state index contributed by atoms with van der Waals surface area (Å²) in [5.41, 5.74) is 3.47. The molecule has 0 amide bonds. The van der Waals surface area contributed by atoms with Gasteiger partial charge in [0.2, 0.25) is 11.2 Å². The van der Waals surface area contributed by atoms with Gasteiger partial charge >= 0.3 is 0 Å². The molecule has 18 heavy (non-hydrogen) atoms. The van der Waals surface area contributed by atoms with Gasteiger partial charge in [0.1, 0.15) is 7.05 Å². The molecule has 2 aromatic heterocycles. The van der Waals surface area contributed by atoms with E-state index in [9.17, 15) is 0 Å². The lowest BCUT2D eigenvalue weighted by Gasteiger charge is -2.04. The Bertz CT molecular complexity index is 711. The normalized spacial score (nSPS) is 10.7. The van der Waals surface area contributed by atoms with Gasteiger partial charge in [-0.15, -0.1) is 11.3 Å². The first-order chi connectivity index (χ1) is 8.77. The van der Waals surface area contributed by atoms with Crippen LogP contribution in [0.3, 0.4) is 0 Å². The number of pyridine rings is 1. The minimum atomic E-state index is 1.08. The van der Waals surface area contributed by atoms with Crippen LogP contribution in [0.5, 0.6) is 0 Å².